The second kappa shape index (κ2) is 6.91. The maximum absolute atomic E-state index is 11.8. The molecule has 1 aliphatic carbocycles. The molecule has 0 spiro atoms. The van der Waals surface area contributed by atoms with Crippen molar-refractivity contribution in [3.8, 4) is 0 Å². The SMILES string of the molecule is Cc1ccc(C=CC(=O)NC2CCC(O)CC2)cc1Cl. The number of halogens is 1. The Morgan fingerprint density at radius 2 is 2.05 bits per heavy atom. The van der Waals surface area contributed by atoms with Crippen LogP contribution in [0.4, 0.5) is 0 Å². The van der Waals surface area contributed by atoms with Crippen LogP contribution < -0.4 is 5.32 Å². The van der Waals surface area contributed by atoms with Gasteiger partial charge in [-0.15, -0.1) is 0 Å². The topological polar surface area (TPSA) is 49.3 Å². The molecule has 2 N–H and O–H groups in total. The number of aryl methyl sites for hydroxylation is 1. The largest absolute Gasteiger partial charge is 0.393 e. The van der Waals surface area contributed by atoms with Gasteiger partial charge in [0, 0.05) is 17.1 Å². The first kappa shape index (κ1) is 15.1. The summed E-state index contributed by atoms with van der Waals surface area (Å²) in [5.74, 6) is -0.0944. The highest BCUT2D eigenvalue weighted by Gasteiger charge is 2.19. The number of benzene rings is 1. The number of carbonyl (C=O) groups excluding carboxylic acids is 1. The van der Waals surface area contributed by atoms with Gasteiger partial charge in [0.05, 0.1) is 6.10 Å². The molecule has 1 saturated carbocycles. The van der Waals surface area contributed by atoms with Gasteiger partial charge in [-0.1, -0.05) is 23.7 Å². The minimum absolute atomic E-state index is 0.0944. The molecule has 1 aliphatic rings. The molecule has 2 rings (SSSR count). The molecule has 20 heavy (non-hydrogen) atoms. The fourth-order valence-corrected chi connectivity index (χ4v) is 2.54. The van der Waals surface area contributed by atoms with Gasteiger partial charge in [-0.2, -0.15) is 0 Å². The monoisotopic (exact) mass is 293 g/mol. The van der Waals surface area contributed by atoms with Gasteiger partial charge in [0.1, 0.15) is 0 Å². The second-order valence-electron chi connectivity index (χ2n) is 5.36. The molecule has 0 aliphatic heterocycles. The van der Waals surface area contributed by atoms with E-state index in [4.69, 9.17) is 11.6 Å². The van der Waals surface area contributed by atoms with Crippen molar-refractivity contribution < 1.29 is 9.90 Å². The zero-order valence-corrected chi connectivity index (χ0v) is 12.4. The maximum atomic E-state index is 11.8. The first-order chi connectivity index (χ1) is 9.54. The highest BCUT2D eigenvalue weighted by molar-refractivity contribution is 6.31. The van der Waals surface area contributed by atoms with Crippen molar-refractivity contribution in [2.45, 2.75) is 44.8 Å². The number of aliphatic hydroxyl groups is 1. The van der Waals surface area contributed by atoms with E-state index in [1.165, 1.54) is 6.08 Å². The van der Waals surface area contributed by atoms with E-state index in [1.807, 2.05) is 25.1 Å². The molecule has 0 atom stereocenters. The molecule has 1 aromatic rings. The third-order valence-corrected chi connectivity index (χ3v) is 4.07. The summed E-state index contributed by atoms with van der Waals surface area (Å²) in [6.45, 7) is 1.94. The predicted molar refractivity (Wildman–Crippen MR) is 81.6 cm³/mol. The lowest BCUT2D eigenvalue weighted by Crippen LogP contribution is -2.37. The van der Waals surface area contributed by atoms with Crippen LogP contribution in [0, 0.1) is 6.92 Å². The molecule has 0 radical (unpaired) electrons. The molecular weight excluding hydrogens is 274 g/mol. The lowest BCUT2D eigenvalue weighted by Gasteiger charge is -2.25. The van der Waals surface area contributed by atoms with E-state index in [1.54, 1.807) is 6.08 Å². The van der Waals surface area contributed by atoms with Crippen LogP contribution in [0.3, 0.4) is 0 Å². The van der Waals surface area contributed by atoms with Gasteiger partial charge >= 0.3 is 0 Å². The smallest absolute Gasteiger partial charge is 0.244 e. The lowest BCUT2D eigenvalue weighted by molar-refractivity contribution is -0.117. The third-order valence-electron chi connectivity index (χ3n) is 3.67. The molecule has 0 aromatic heterocycles. The molecule has 0 heterocycles. The van der Waals surface area contributed by atoms with Gasteiger partial charge < -0.3 is 10.4 Å². The normalized spacial score (nSPS) is 22.9. The van der Waals surface area contributed by atoms with E-state index in [2.05, 4.69) is 5.32 Å². The third kappa shape index (κ3) is 4.36. The second-order valence-corrected chi connectivity index (χ2v) is 5.76. The van der Waals surface area contributed by atoms with E-state index < -0.39 is 0 Å². The van der Waals surface area contributed by atoms with Gasteiger partial charge in [0.25, 0.3) is 0 Å². The predicted octanol–water partition coefficient (Wildman–Crippen LogP) is 3.08. The number of rotatable bonds is 3. The van der Waals surface area contributed by atoms with Gasteiger partial charge in [0.15, 0.2) is 0 Å². The van der Waals surface area contributed by atoms with Gasteiger partial charge in [-0.05, 0) is 55.9 Å². The van der Waals surface area contributed by atoms with Crippen molar-refractivity contribution in [3.05, 3.63) is 40.4 Å². The Labute approximate surface area is 124 Å². The van der Waals surface area contributed by atoms with Gasteiger partial charge in [0.2, 0.25) is 5.91 Å². The molecule has 0 unspecified atom stereocenters. The number of amides is 1. The summed E-state index contributed by atoms with van der Waals surface area (Å²) in [6.07, 6.45) is 6.32. The van der Waals surface area contributed by atoms with Crippen LogP contribution in [0.1, 0.15) is 36.8 Å². The zero-order chi connectivity index (χ0) is 14.5. The van der Waals surface area contributed by atoms with Crippen molar-refractivity contribution in [2.75, 3.05) is 0 Å². The van der Waals surface area contributed by atoms with E-state index in [9.17, 15) is 9.90 Å². The molecule has 108 valence electrons. The summed E-state index contributed by atoms with van der Waals surface area (Å²) in [4.78, 5) is 11.8. The molecular formula is C16H20ClNO2. The summed E-state index contributed by atoms with van der Waals surface area (Å²) < 4.78 is 0. The Morgan fingerprint density at radius 3 is 2.70 bits per heavy atom. The standard InChI is InChI=1S/C16H20ClNO2/c1-11-2-3-12(10-15(11)17)4-9-16(20)18-13-5-7-14(19)8-6-13/h2-4,9-10,13-14,19H,5-8H2,1H3,(H,18,20). The number of hydrogen-bond donors (Lipinski definition) is 2. The van der Waals surface area contributed by atoms with E-state index in [0.29, 0.717) is 5.02 Å². The first-order valence-corrected chi connectivity index (χ1v) is 7.35. The summed E-state index contributed by atoms with van der Waals surface area (Å²) in [7, 11) is 0. The van der Waals surface area contributed by atoms with Crippen molar-refractivity contribution in [2.24, 2.45) is 0 Å². The maximum Gasteiger partial charge on any atom is 0.244 e. The summed E-state index contributed by atoms with van der Waals surface area (Å²) in [6, 6.07) is 5.89. The fraction of sp³-hybridized carbons (Fsp3) is 0.438. The number of carbonyl (C=O) groups is 1. The van der Waals surface area contributed by atoms with E-state index in [-0.39, 0.29) is 18.1 Å². The van der Waals surface area contributed by atoms with Crippen LogP contribution in [0.5, 0.6) is 0 Å². The van der Waals surface area contributed by atoms with Crippen molar-refractivity contribution in [3.63, 3.8) is 0 Å². The van der Waals surface area contributed by atoms with Crippen LogP contribution in [0.2, 0.25) is 5.02 Å². The van der Waals surface area contributed by atoms with Crippen LogP contribution in [-0.2, 0) is 4.79 Å². The highest BCUT2D eigenvalue weighted by atomic mass is 35.5. The van der Waals surface area contributed by atoms with Crippen molar-refractivity contribution in [1.82, 2.24) is 5.32 Å². The Morgan fingerprint density at radius 1 is 1.35 bits per heavy atom. The average molecular weight is 294 g/mol. The van der Waals surface area contributed by atoms with Crippen LogP contribution >= 0.6 is 11.6 Å². The van der Waals surface area contributed by atoms with Crippen LogP contribution in [-0.4, -0.2) is 23.2 Å². The molecule has 3 nitrogen and oxygen atoms in total. The molecule has 0 bridgehead atoms. The highest BCUT2D eigenvalue weighted by Crippen LogP contribution is 2.19. The van der Waals surface area contributed by atoms with Crippen molar-refractivity contribution >= 4 is 23.6 Å². The lowest BCUT2D eigenvalue weighted by atomic mass is 9.93. The molecule has 1 fully saturated rings. The Hall–Kier alpha value is -1.32. The van der Waals surface area contributed by atoms with Gasteiger partial charge in [-0.3, -0.25) is 4.79 Å². The molecule has 4 heteroatoms. The quantitative estimate of drug-likeness (QED) is 0.842. The van der Waals surface area contributed by atoms with Crippen molar-refractivity contribution in [1.29, 1.82) is 0 Å². The summed E-state index contributed by atoms with van der Waals surface area (Å²) in [5, 5.41) is 13.1. The Balaban J connectivity index is 1.87. The summed E-state index contributed by atoms with van der Waals surface area (Å²) >= 11 is 6.04. The van der Waals surface area contributed by atoms with Crippen LogP contribution in [0.25, 0.3) is 6.08 Å². The number of hydrogen-bond acceptors (Lipinski definition) is 2. The average Bonchev–Trinajstić information content (AvgIpc) is 2.43. The van der Waals surface area contributed by atoms with E-state index >= 15 is 0 Å². The minimum atomic E-state index is -0.201. The van der Waals surface area contributed by atoms with Crippen LogP contribution in [0.15, 0.2) is 24.3 Å². The first-order valence-electron chi connectivity index (χ1n) is 6.97. The molecule has 1 aromatic carbocycles. The molecule has 0 saturated heterocycles. The zero-order valence-electron chi connectivity index (χ0n) is 11.6. The fourth-order valence-electron chi connectivity index (χ4n) is 2.35. The number of nitrogens with one attached hydrogen (secondary N) is 1. The Kier molecular flexibility index (Phi) is 5.21. The number of aliphatic hydroxyl groups excluding tert-OH is 1. The van der Waals surface area contributed by atoms with Gasteiger partial charge in [-0.25, -0.2) is 0 Å². The van der Waals surface area contributed by atoms with E-state index in [0.717, 1.165) is 36.8 Å². The Bertz CT molecular complexity index is 505. The summed E-state index contributed by atoms with van der Waals surface area (Å²) in [5.41, 5.74) is 1.93. The minimum Gasteiger partial charge on any atom is -0.393 e. The molecule has 1 amide bonds.